The number of nitrogens with zero attached hydrogens (tertiary/aromatic N) is 1. The van der Waals surface area contributed by atoms with Gasteiger partial charge in [0.25, 0.3) is 0 Å². The predicted molar refractivity (Wildman–Crippen MR) is 77.7 cm³/mol. The predicted octanol–water partition coefficient (Wildman–Crippen LogP) is 5.06. The van der Waals surface area contributed by atoms with Gasteiger partial charge in [-0.15, -0.1) is 0 Å². The zero-order valence-electron chi connectivity index (χ0n) is 9.26. The summed E-state index contributed by atoms with van der Waals surface area (Å²) < 4.78 is 40.0. The van der Waals surface area contributed by atoms with Crippen molar-refractivity contribution in [1.29, 1.82) is 0 Å². The van der Waals surface area contributed by atoms with E-state index in [4.69, 9.17) is 0 Å². The molecule has 19 heavy (non-hydrogen) atoms. The number of fused-ring (bicyclic) bond motifs is 1. The van der Waals surface area contributed by atoms with Crippen LogP contribution in [0.5, 0.6) is 0 Å². The van der Waals surface area contributed by atoms with Crippen LogP contribution in [-0.2, 0) is 0 Å². The first kappa shape index (κ1) is 14.8. The number of halogens is 5. The number of alkyl halides is 4. The molecule has 0 atom stereocenters. The molecule has 0 saturated heterocycles. The summed E-state index contributed by atoms with van der Waals surface area (Å²) in [6, 6.07) is 5.19. The Morgan fingerprint density at radius 1 is 1.32 bits per heavy atom. The van der Waals surface area contributed by atoms with Gasteiger partial charge in [-0.2, -0.15) is 13.2 Å². The second kappa shape index (κ2) is 5.81. The van der Waals surface area contributed by atoms with Crippen molar-refractivity contribution in [1.82, 2.24) is 4.40 Å². The molecule has 0 fully saturated rings. The highest BCUT2D eigenvalue weighted by Gasteiger charge is 2.33. The molecule has 100 valence electrons. The molecule has 2 heterocycles. The second-order valence-corrected chi connectivity index (χ2v) is 5.84. The standard InChI is InChI=1S/C12H6Br2F3NS/c13-6-3-4-8-10(14)9-5-1-2-7-18(9)11(8)19-12(15,16)17/h1-2,5,7H,6H2. The van der Waals surface area contributed by atoms with Gasteiger partial charge in [0.15, 0.2) is 0 Å². The number of thioether (sulfide) groups is 1. The Labute approximate surface area is 128 Å². The van der Waals surface area contributed by atoms with Gasteiger partial charge in [-0.1, -0.05) is 33.8 Å². The number of aromatic nitrogens is 1. The Balaban J connectivity index is 2.69. The van der Waals surface area contributed by atoms with Crippen molar-refractivity contribution in [3.8, 4) is 11.8 Å². The quantitative estimate of drug-likeness (QED) is 0.360. The van der Waals surface area contributed by atoms with E-state index >= 15 is 0 Å². The summed E-state index contributed by atoms with van der Waals surface area (Å²) in [6.07, 6.45) is 1.59. The molecular weight excluding hydrogens is 407 g/mol. The van der Waals surface area contributed by atoms with Crippen molar-refractivity contribution in [2.24, 2.45) is 0 Å². The van der Waals surface area contributed by atoms with Crippen LogP contribution in [0, 0.1) is 11.8 Å². The fraction of sp³-hybridized carbons (Fsp3) is 0.167. The van der Waals surface area contributed by atoms with E-state index in [9.17, 15) is 13.2 Å². The van der Waals surface area contributed by atoms with Crippen LogP contribution in [-0.4, -0.2) is 15.2 Å². The van der Waals surface area contributed by atoms with Crippen LogP contribution >= 0.6 is 43.6 Å². The summed E-state index contributed by atoms with van der Waals surface area (Å²) in [5.41, 5.74) is -3.34. The Kier molecular flexibility index (Phi) is 4.54. The molecule has 0 bridgehead atoms. The lowest BCUT2D eigenvalue weighted by Gasteiger charge is -2.06. The number of rotatable bonds is 1. The van der Waals surface area contributed by atoms with Crippen molar-refractivity contribution in [2.75, 3.05) is 5.33 Å². The smallest absolute Gasteiger partial charge is 0.309 e. The molecule has 0 aromatic carbocycles. The van der Waals surface area contributed by atoms with E-state index in [-0.39, 0.29) is 16.8 Å². The van der Waals surface area contributed by atoms with Gasteiger partial charge >= 0.3 is 5.51 Å². The van der Waals surface area contributed by atoms with Crippen LogP contribution in [0.3, 0.4) is 0 Å². The molecule has 0 aliphatic rings. The molecule has 2 aromatic rings. The minimum atomic E-state index is -4.35. The molecule has 0 saturated carbocycles. The van der Waals surface area contributed by atoms with Crippen LogP contribution < -0.4 is 0 Å². The van der Waals surface area contributed by atoms with E-state index < -0.39 is 5.51 Å². The summed E-state index contributed by atoms with van der Waals surface area (Å²) in [5, 5.41) is 0.477. The third-order valence-electron chi connectivity index (χ3n) is 2.23. The van der Waals surface area contributed by atoms with Crippen LogP contribution in [0.1, 0.15) is 5.56 Å². The van der Waals surface area contributed by atoms with Crippen molar-refractivity contribution in [3.63, 3.8) is 0 Å². The van der Waals surface area contributed by atoms with Crippen LogP contribution in [0.2, 0.25) is 0 Å². The summed E-state index contributed by atoms with van der Waals surface area (Å²) >= 11 is 6.30. The lowest BCUT2D eigenvalue weighted by Crippen LogP contribution is -2.01. The van der Waals surface area contributed by atoms with Crippen molar-refractivity contribution in [3.05, 3.63) is 34.4 Å². The lowest BCUT2D eigenvalue weighted by molar-refractivity contribution is -0.0329. The van der Waals surface area contributed by atoms with Crippen LogP contribution in [0.15, 0.2) is 33.9 Å². The van der Waals surface area contributed by atoms with E-state index in [1.54, 1.807) is 24.4 Å². The Bertz CT molecular complexity index is 667. The third-order valence-corrected chi connectivity index (χ3v) is 4.14. The molecule has 0 spiro atoms. The Morgan fingerprint density at radius 2 is 2.05 bits per heavy atom. The average Bonchev–Trinajstić information content (AvgIpc) is 2.59. The molecule has 0 unspecified atom stereocenters. The van der Waals surface area contributed by atoms with Crippen LogP contribution in [0.25, 0.3) is 5.52 Å². The molecule has 7 heteroatoms. The Hall–Kier alpha value is -0.580. The highest BCUT2D eigenvalue weighted by atomic mass is 79.9. The van der Waals surface area contributed by atoms with Gasteiger partial charge in [-0.3, -0.25) is 0 Å². The molecule has 0 aliphatic carbocycles. The molecule has 2 rings (SSSR count). The maximum Gasteiger partial charge on any atom is 0.447 e. The lowest BCUT2D eigenvalue weighted by atomic mass is 10.3. The first-order valence-electron chi connectivity index (χ1n) is 5.03. The normalized spacial score (nSPS) is 11.4. The topological polar surface area (TPSA) is 4.41 Å². The fourth-order valence-corrected chi connectivity index (χ4v) is 3.19. The van der Waals surface area contributed by atoms with E-state index in [1.165, 1.54) is 4.40 Å². The van der Waals surface area contributed by atoms with Crippen molar-refractivity contribution in [2.45, 2.75) is 10.5 Å². The van der Waals surface area contributed by atoms with Gasteiger partial charge in [0.1, 0.15) is 5.03 Å². The van der Waals surface area contributed by atoms with Gasteiger partial charge in [0.05, 0.1) is 20.9 Å². The summed E-state index contributed by atoms with van der Waals surface area (Å²) in [7, 11) is 0. The van der Waals surface area contributed by atoms with Crippen molar-refractivity contribution >= 4 is 49.1 Å². The molecule has 2 aromatic heterocycles. The molecule has 0 radical (unpaired) electrons. The number of hydrogen-bond acceptors (Lipinski definition) is 1. The summed E-state index contributed by atoms with van der Waals surface area (Å²) in [6.45, 7) is 0. The minimum absolute atomic E-state index is 0.0726. The van der Waals surface area contributed by atoms with Gasteiger partial charge in [-0.25, -0.2) is 0 Å². The van der Waals surface area contributed by atoms with E-state index in [2.05, 4.69) is 43.7 Å². The Morgan fingerprint density at radius 3 is 2.68 bits per heavy atom. The maximum absolute atomic E-state index is 12.7. The SMILES string of the molecule is FC(F)(F)Sc1c(C#CCBr)c(Br)c2ccccn12. The zero-order valence-corrected chi connectivity index (χ0v) is 13.3. The average molecular weight is 413 g/mol. The maximum atomic E-state index is 12.7. The highest BCUT2D eigenvalue weighted by Crippen LogP contribution is 2.42. The first-order chi connectivity index (χ1) is 8.94. The number of pyridine rings is 1. The third kappa shape index (κ3) is 3.30. The second-order valence-electron chi connectivity index (χ2n) is 3.43. The van der Waals surface area contributed by atoms with Gasteiger partial charge in [0, 0.05) is 18.0 Å². The largest absolute Gasteiger partial charge is 0.447 e. The monoisotopic (exact) mass is 411 g/mol. The molecular formula is C12H6Br2F3NS. The summed E-state index contributed by atoms with van der Waals surface area (Å²) in [4.78, 5) is 0. The van der Waals surface area contributed by atoms with Crippen molar-refractivity contribution < 1.29 is 13.2 Å². The number of hydrogen-bond donors (Lipinski definition) is 0. The molecule has 0 amide bonds. The minimum Gasteiger partial charge on any atom is -0.309 e. The zero-order chi connectivity index (χ0) is 14.0. The van der Waals surface area contributed by atoms with E-state index in [0.717, 1.165) is 0 Å². The van der Waals surface area contributed by atoms with Gasteiger partial charge in [-0.05, 0) is 28.1 Å². The molecule has 1 nitrogen and oxygen atoms in total. The van der Waals surface area contributed by atoms with E-state index in [1.807, 2.05) is 0 Å². The highest BCUT2D eigenvalue weighted by molar-refractivity contribution is 9.10. The molecule has 0 aliphatic heterocycles. The van der Waals surface area contributed by atoms with Gasteiger partial charge in [0.2, 0.25) is 0 Å². The van der Waals surface area contributed by atoms with E-state index in [0.29, 0.717) is 20.9 Å². The summed E-state index contributed by atoms with van der Waals surface area (Å²) in [5.74, 6) is 5.49. The van der Waals surface area contributed by atoms with Crippen LogP contribution in [0.4, 0.5) is 13.2 Å². The first-order valence-corrected chi connectivity index (χ1v) is 7.76. The molecule has 0 N–H and O–H groups in total. The van der Waals surface area contributed by atoms with Gasteiger partial charge < -0.3 is 4.40 Å². The fourth-order valence-electron chi connectivity index (χ4n) is 1.58.